The van der Waals surface area contributed by atoms with E-state index in [4.69, 9.17) is 4.74 Å². The summed E-state index contributed by atoms with van der Waals surface area (Å²) in [6, 6.07) is 27.4. The maximum Gasteiger partial charge on any atom is 0.266 e. The van der Waals surface area contributed by atoms with Crippen LogP contribution in [0.2, 0.25) is 0 Å². The van der Waals surface area contributed by atoms with E-state index in [1.54, 1.807) is 12.1 Å². The quantitative estimate of drug-likeness (QED) is 0.198. The molecule has 1 aromatic heterocycles. The van der Waals surface area contributed by atoms with E-state index in [1.165, 1.54) is 0 Å². The molecule has 180 valence electrons. The van der Waals surface area contributed by atoms with Gasteiger partial charge in [-0.3, -0.25) is 4.79 Å². The minimum atomic E-state index is -0.430. The summed E-state index contributed by atoms with van der Waals surface area (Å²) in [5.74, 6) is 0.351. The lowest BCUT2D eigenvalue weighted by Crippen LogP contribution is -2.13. The van der Waals surface area contributed by atoms with E-state index in [9.17, 15) is 10.1 Å². The standard InChI is InChI=1S/C30H26BrN3O2/c1-20-5-4-6-27(15-20)33-30(35)25(18-32)17-24-16-21(2)34(22(24)3)28-11-13-29(14-12-28)36-19-23-7-9-26(31)10-8-23/h4-17H,19H2,1-3H3,(H,33,35)/b25-17-. The first kappa shape index (κ1) is 25.0. The van der Waals surface area contributed by atoms with Crippen LogP contribution in [0.25, 0.3) is 11.8 Å². The summed E-state index contributed by atoms with van der Waals surface area (Å²) >= 11 is 3.44. The number of nitriles is 1. The van der Waals surface area contributed by atoms with E-state index in [2.05, 4.69) is 25.8 Å². The van der Waals surface area contributed by atoms with Crippen molar-refractivity contribution >= 4 is 33.6 Å². The van der Waals surface area contributed by atoms with Crippen molar-refractivity contribution in [1.29, 1.82) is 5.26 Å². The van der Waals surface area contributed by atoms with E-state index < -0.39 is 5.91 Å². The molecule has 0 unspecified atom stereocenters. The number of carbonyl (C=O) groups excluding carboxylic acids is 1. The summed E-state index contributed by atoms with van der Waals surface area (Å²) in [5, 5.41) is 12.5. The number of hydrogen-bond acceptors (Lipinski definition) is 3. The molecule has 4 aromatic rings. The molecule has 0 saturated heterocycles. The van der Waals surface area contributed by atoms with Crippen LogP contribution in [0.5, 0.6) is 5.75 Å². The van der Waals surface area contributed by atoms with Gasteiger partial charge in [0.05, 0.1) is 0 Å². The van der Waals surface area contributed by atoms with Gasteiger partial charge in [-0.05, 0) is 98.1 Å². The van der Waals surface area contributed by atoms with E-state index in [0.29, 0.717) is 12.3 Å². The maximum absolute atomic E-state index is 12.7. The number of amides is 1. The van der Waals surface area contributed by atoms with Gasteiger partial charge >= 0.3 is 0 Å². The number of carbonyl (C=O) groups is 1. The van der Waals surface area contributed by atoms with E-state index >= 15 is 0 Å². The van der Waals surface area contributed by atoms with E-state index in [-0.39, 0.29) is 5.57 Å². The van der Waals surface area contributed by atoms with Crippen LogP contribution in [-0.2, 0) is 11.4 Å². The van der Waals surface area contributed by atoms with Crippen LogP contribution in [0.3, 0.4) is 0 Å². The van der Waals surface area contributed by atoms with Gasteiger partial charge in [0, 0.05) is 27.2 Å². The fraction of sp³-hybridized carbons (Fsp3) is 0.133. The van der Waals surface area contributed by atoms with Crippen molar-refractivity contribution in [1.82, 2.24) is 4.57 Å². The smallest absolute Gasteiger partial charge is 0.266 e. The first-order valence-corrected chi connectivity index (χ1v) is 12.3. The molecule has 0 atom stereocenters. The van der Waals surface area contributed by atoms with Crippen LogP contribution in [-0.4, -0.2) is 10.5 Å². The zero-order chi connectivity index (χ0) is 25.7. The summed E-state index contributed by atoms with van der Waals surface area (Å²) in [5.41, 5.74) is 6.56. The first-order chi connectivity index (χ1) is 17.3. The Kier molecular flexibility index (Phi) is 7.72. The van der Waals surface area contributed by atoms with Crippen LogP contribution in [0.1, 0.15) is 28.1 Å². The summed E-state index contributed by atoms with van der Waals surface area (Å²) in [6.45, 7) is 6.42. The topological polar surface area (TPSA) is 67.0 Å². The predicted octanol–water partition coefficient (Wildman–Crippen LogP) is 7.29. The lowest BCUT2D eigenvalue weighted by Gasteiger charge is -2.12. The second kappa shape index (κ2) is 11.1. The van der Waals surface area contributed by atoms with E-state index in [0.717, 1.165) is 44.0 Å². The van der Waals surface area contributed by atoms with Crippen molar-refractivity contribution in [2.75, 3.05) is 5.32 Å². The Morgan fingerprint density at radius 3 is 2.42 bits per heavy atom. The molecule has 1 heterocycles. The Bertz CT molecular complexity index is 1460. The molecule has 6 heteroatoms. The number of aryl methyl sites for hydroxylation is 2. The maximum atomic E-state index is 12.7. The number of halogens is 1. The van der Waals surface area contributed by atoms with Crippen LogP contribution in [0.15, 0.2) is 88.9 Å². The van der Waals surface area contributed by atoms with Crippen LogP contribution in [0.4, 0.5) is 5.69 Å². The number of aromatic nitrogens is 1. The Labute approximate surface area is 219 Å². The van der Waals surface area contributed by atoms with Crippen LogP contribution >= 0.6 is 15.9 Å². The summed E-state index contributed by atoms with van der Waals surface area (Å²) in [6.07, 6.45) is 1.64. The van der Waals surface area contributed by atoms with Gasteiger partial charge in [0.1, 0.15) is 24.0 Å². The third-order valence-corrected chi connectivity index (χ3v) is 6.35. The number of hydrogen-bond donors (Lipinski definition) is 1. The van der Waals surface area contributed by atoms with Gasteiger partial charge in [0.15, 0.2) is 0 Å². The monoisotopic (exact) mass is 539 g/mol. The third kappa shape index (κ3) is 5.94. The van der Waals surface area contributed by atoms with Crippen molar-refractivity contribution < 1.29 is 9.53 Å². The van der Waals surface area contributed by atoms with Crippen LogP contribution in [0, 0.1) is 32.1 Å². The molecule has 1 N–H and O–H groups in total. The number of anilines is 1. The van der Waals surface area contributed by atoms with Gasteiger partial charge in [0.2, 0.25) is 0 Å². The number of nitrogens with zero attached hydrogens (tertiary/aromatic N) is 2. The number of nitrogens with one attached hydrogen (secondary N) is 1. The van der Waals surface area contributed by atoms with Gasteiger partial charge in [-0.25, -0.2) is 0 Å². The summed E-state index contributed by atoms with van der Waals surface area (Å²) in [7, 11) is 0. The molecule has 0 bridgehead atoms. The fourth-order valence-electron chi connectivity index (χ4n) is 4.00. The molecular weight excluding hydrogens is 514 g/mol. The molecule has 0 radical (unpaired) electrons. The molecule has 0 aliphatic rings. The predicted molar refractivity (Wildman–Crippen MR) is 147 cm³/mol. The molecule has 0 saturated carbocycles. The van der Waals surface area contributed by atoms with Gasteiger partial charge in [-0.1, -0.05) is 40.2 Å². The van der Waals surface area contributed by atoms with E-state index in [1.807, 2.05) is 99.6 Å². The molecule has 36 heavy (non-hydrogen) atoms. The fourth-order valence-corrected chi connectivity index (χ4v) is 4.26. The van der Waals surface area contributed by atoms with Gasteiger partial charge < -0.3 is 14.6 Å². The number of ether oxygens (including phenoxy) is 1. The highest BCUT2D eigenvalue weighted by molar-refractivity contribution is 9.10. The molecule has 5 nitrogen and oxygen atoms in total. The molecule has 3 aromatic carbocycles. The van der Waals surface area contributed by atoms with Crippen molar-refractivity contribution in [3.05, 3.63) is 117 Å². The Balaban J connectivity index is 1.51. The largest absolute Gasteiger partial charge is 0.489 e. The normalized spacial score (nSPS) is 11.1. The SMILES string of the molecule is Cc1cccc(NC(=O)/C(C#N)=C\c2cc(C)n(-c3ccc(OCc4ccc(Br)cc4)cc3)c2C)c1. The van der Waals surface area contributed by atoms with Crippen molar-refractivity contribution in [2.45, 2.75) is 27.4 Å². The average Bonchev–Trinajstić information content (AvgIpc) is 3.15. The molecule has 0 aliphatic carbocycles. The van der Waals surface area contributed by atoms with Crippen LogP contribution < -0.4 is 10.1 Å². The van der Waals surface area contributed by atoms with Crippen molar-refractivity contribution in [3.8, 4) is 17.5 Å². The van der Waals surface area contributed by atoms with Crippen molar-refractivity contribution in [3.63, 3.8) is 0 Å². The average molecular weight is 540 g/mol. The minimum absolute atomic E-state index is 0.0495. The Morgan fingerprint density at radius 2 is 1.75 bits per heavy atom. The molecular formula is C30H26BrN3O2. The Hall–Kier alpha value is -4.08. The molecule has 1 amide bonds. The highest BCUT2D eigenvalue weighted by Crippen LogP contribution is 2.25. The number of rotatable bonds is 7. The molecule has 0 aliphatic heterocycles. The second-order valence-corrected chi connectivity index (χ2v) is 9.48. The van der Waals surface area contributed by atoms with Crippen molar-refractivity contribution in [2.24, 2.45) is 0 Å². The summed E-state index contributed by atoms with van der Waals surface area (Å²) < 4.78 is 9.06. The highest BCUT2D eigenvalue weighted by atomic mass is 79.9. The molecule has 0 spiro atoms. The van der Waals surface area contributed by atoms with Gasteiger partial charge in [0.25, 0.3) is 5.91 Å². The van der Waals surface area contributed by atoms with Gasteiger partial charge in [-0.15, -0.1) is 0 Å². The number of benzene rings is 3. The zero-order valence-electron chi connectivity index (χ0n) is 20.4. The summed E-state index contributed by atoms with van der Waals surface area (Å²) in [4.78, 5) is 12.7. The molecule has 0 fully saturated rings. The minimum Gasteiger partial charge on any atom is -0.489 e. The second-order valence-electron chi connectivity index (χ2n) is 8.56. The van der Waals surface area contributed by atoms with Gasteiger partial charge in [-0.2, -0.15) is 5.26 Å². The molecule has 4 rings (SSSR count). The lowest BCUT2D eigenvalue weighted by molar-refractivity contribution is -0.112. The first-order valence-electron chi connectivity index (χ1n) is 11.5. The zero-order valence-corrected chi connectivity index (χ0v) is 22.0. The third-order valence-electron chi connectivity index (χ3n) is 5.82. The Morgan fingerprint density at radius 1 is 1.03 bits per heavy atom. The lowest BCUT2D eigenvalue weighted by atomic mass is 10.1. The highest BCUT2D eigenvalue weighted by Gasteiger charge is 2.14.